The van der Waals surface area contributed by atoms with E-state index in [9.17, 15) is 8.78 Å². The summed E-state index contributed by atoms with van der Waals surface area (Å²) in [5.41, 5.74) is 1.82. The Kier molecular flexibility index (Phi) is 2.77. The lowest BCUT2D eigenvalue weighted by Gasteiger charge is -2.02. The second-order valence-corrected chi connectivity index (χ2v) is 3.34. The van der Waals surface area contributed by atoms with Gasteiger partial charge in [0.25, 0.3) is 0 Å². The van der Waals surface area contributed by atoms with E-state index in [2.05, 4.69) is 11.6 Å². The largest absolute Gasteiger partial charge is 0.256 e. The van der Waals surface area contributed by atoms with E-state index in [4.69, 9.17) is 0 Å². The number of nitrogens with zero attached hydrogens (tertiary/aromatic N) is 1. The molecule has 1 heterocycles. The maximum Gasteiger partial charge on any atom is 0.126 e. The molecule has 80 valence electrons. The van der Waals surface area contributed by atoms with Crippen LogP contribution in [0.5, 0.6) is 0 Å². The van der Waals surface area contributed by atoms with Crippen molar-refractivity contribution >= 4 is 6.08 Å². The van der Waals surface area contributed by atoms with E-state index in [-0.39, 0.29) is 0 Å². The molecule has 0 bridgehead atoms. The average Bonchev–Trinajstić information content (AvgIpc) is 2.28. The molecule has 1 nitrogen and oxygen atoms in total. The number of pyridine rings is 1. The maximum absolute atomic E-state index is 13.0. The van der Waals surface area contributed by atoms with Gasteiger partial charge in [-0.2, -0.15) is 0 Å². The minimum absolute atomic E-state index is 0.424. The smallest absolute Gasteiger partial charge is 0.126 e. The fraction of sp³-hybridized carbons (Fsp3) is 0. The van der Waals surface area contributed by atoms with Gasteiger partial charge >= 0.3 is 0 Å². The van der Waals surface area contributed by atoms with Crippen molar-refractivity contribution in [1.29, 1.82) is 0 Å². The minimum atomic E-state index is -0.607. The molecule has 0 spiro atoms. The predicted molar refractivity (Wildman–Crippen MR) is 59.7 cm³/mol. The summed E-state index contributed by atoms with van der Waals surface area (Å²) in [4.78, 5) is 4.10. The first-order chi connectivity index (χ1) is 7.69. The summed E-state index contributed by atoms with van der Waals surface area (Å²) in [6.45, 7) is 3.60. The molecule has 0 N–H and O–H groups in total. The maximum atomic E-state index is 13.0. The Hall–Kier alpha value is -2.03. The van der Waals surface area contributed by atoms with Crippen LogP contribution in [0.15, 0.2) is 43.1 Å². The molecule has 3 heteroatoms. The summed E-state index contributed by atoms with van der Waals surface area (Å²) in [6.07, 6.45) is 3.26. The van der Waals surface area contributed by atoms with Crippen molar-refractivity contribution in [2.24, 2.45) is 0 Å². The van der Waals surface area contributed by atoms with Crippen LogP contribution in [-0.2, 0) is 0 Å². The van der Waals surface area contributed by atoms with Crippen molar-refractivity contribution in [2.45, 2.75) is 0 Å². The molecule has 0 unspecified atom stereocenters. The molecule has 2 rings (SSSR count). The molecule has 2 aromatic rings. The fourth-order valence-corrected chi connectivity index (χ4v) is 1.40. The minimum Gasteiger partial charge on any atom is -0.256 e. The summed E-state index contributed by atoms with van der Waals surface area (Å²) < 4.78 is 26.0. The van der Waals surface area contributed by atoms with Gasteiger partial charge in [-0.3, -0.25) is 4.98 Å². The molecule has 0 atom stereocenters. The predicted octanol–water partition coefficient (Wildman–Crippen LogP) is 3.67. The van der Waals surface area contributed by atoms with Gasteiger partial charge in [0.1, 0.15) is 11.6 Å². The van der Waals surface area contributed by atoms with E-state index >= 15 is 0 Å². The molecule has 0 fully saturated rings. The zero-order chi connectivity index (χ0) is 11.5. The highest BCUT2D eigenvalue weighted by Gasteiger charge is 2.03. The Bertz CT molecular complexity index is 498. The lowest BCUT2D eigenvalue weighted by atomic mass is 10.1. The van der Waals surface area contributed by atoms with Gasteiger partial charge in [0, 0.05) is 17.8 Å². The second kappa shape index (κ2) is 4.23. The van der Waals surface area contributed by atoms with Crippen LogP contribution in [0.25, 0.3) is 17.3 Å². The van der Waals surface area contributed by atoms with Crippen molar-refractivity contribution in [3.8, 4) is 11.3 Å². The normalized spacial score (nSPS) is 10.1. The highest BCUT2D eigenvalue weighted by atomic mass is 19.1. The molecule has 0 saturated carbocycles. The number of rotatable bonds is 2. The van der Waals surface area contributed by atoms with Gasteiger partial charge in [-0.15, -0.1) is 0 Å². The van der Waals surface area contributed by atoms with Crippen LogP contribution in [0.3, 0.4) is 0 Å². The monoisotopic (exact) mass is 217 g/mol. The Morgan fingerprint density at radius 2 is 1.75 bits per heavy atom. The number of benzene rings is 1. The Morgan fingerprint density at radius 3 is 2.25 bits per heavy atom. The van der Waals surface area contributed by atoms with Crippen LogP contribution in [0, 0.1) is 11.6 Å². The standard InChI is InChI=1S/C13H9F2N/c1-2-9-3-4-13(16-8-9)10-5-11(14)7-12(15)6-10/h2-8H,1H2. The van der Waals surface area contributed by atoms with Crippen LogP contribution >= 0.6 is 0 Å². The zero-order valence-electron chi connectivity index (χ0n) is 8.45. The van der Waals surface area contributed by atoms with Crippen molar-refractivity contribution in [3.05, 3.63) is 60.3 Å². The van der Waals surface area contributed by atoms with Gasteiger partial charge in [0.05, 0.1) is 5.69 Å². The fourth-order valence-electron chi connectivity index (χ4n) is 1.40. The Morgan fingerprint density at radius 1 is 1.06 bits per heavy atom. The second-order valence-electron chi connectivity index (χ2n) is 3.34. The van der Waals surface area contributed by atoms with Crippen molar-refractivity contribution in [1.82, 2.24) is 4.98 Å². The van der Waals surface area contributed by atoms with Gasteiger partial charge in [-0.05, 0) is 23.8 Å². The molecule has 0 aliphatic rings. The van der Waals surface area contributed by atoms with E-state index in [1.165, 1.54) is 12.1 Å². The average molecular weight is 217 g/mol. The Labute approximate surface area is 92.1 Å². The quantitative estimate of drug-likeness (QED) is 0.747. The van der Waals surface area contributed by atoms with Crippen molar-refractivity contribution < 1.29 is 8.78 Å². The van der Waals surface area contributed by atoms with E-state index < -0.39 is 11.6 Å². The lowest BCUT2D eigenvalue weighted by molar-refractivity contribution is 0.584. The summed E-state index contributed by atoms with van der Waals surface area (Å²) in [5, 5.41) is 0. The molecule has 0 aliphatic heterocycles. The third-order valence-corrected chi connectivity index (χ3v) is 2.18. The van der Waals surface area contributed by atoms with E-state index in [0.717, 1.165) is 11.6 Å². The van der Waals surface area contributed by atoms with Crippen LogP contribution in [0.1, 0.15) is 5.56 Å². The van der Waals surface area contributed by atoms with Gasteiger partial charge < -0.3 is 0 Å². The lowest BCUT2D eigenvalue weighted by Crippen LogP contribution is -1.87. The molecule has 1 aromatic heterocycles. The van der Waals surface area contributed by atoms with Gasteiger partial charge in [0.15, 0.2) is 0 Å². The first-order valence-corrected chi connectivity index (χ1v) is 4.74. The molecular formula is C13H9F2N. The molecule has 1 aromatic carbocycles. The van der Waals surface area contributed by atoms with E-state index in [1.807, 2.05) is 0 Å². The molecular weight excluding hydrogens is 208 g/mol. The molecule has 0 saturated heterocycles. The van der Waals surface area contributed by atoms with E-state index in [1.54, 1.807) is 24.4 Å². The molecule has 16 heavy (non-hydrogen) atoms. The highest BCUT2D eigenvalue weighted by molar-refractivity contribution is 5.60. The van der Waals surface area contributed by atoms with Crippen LogP contribution < -0.4 is 0 Å². The first kappa shape index (κ1) is 10.5. The van der Waals surface area contributed by atoms with E-state index in [0.29, 0.717) is 11.3 Å². The topological polar surface area (TPSA) is 12.9 Å². The highest BCUT2D eigenvalue weighted by Crippen LogP contribution is 2.19. The number of hydrogen-bond donors (Lipinski definition) is 0. The summed E-state index contributed by atoms with van der Waals surface area (Å²) in [6, 6.07) is 6.82. The summed E-state index contributed by atoms with van der Waals surface area (Å²) >= 11 is 0. The Balaban J connectivity index is 2.45. The zero-order valence-corrected chi connectivity index (χ0v) is 8.45. The number of hydrogen-bond acceptors (Lipinski definition) is 1. The van der Waals surface area contributed by atoms with Crippen molar-refractivity contribution in [3.63, 3.8) is 0 Å². The molecule has 0 radical (unpaired) electrons. The van der Waals surface area contributed by atoms with Crippen molar-refractivity contribution in [2.75, 3.05) is 0 Å². The molecule has 0 amide bonds. The first-order valence-electron chi connectivity index (χ1n) is 4.74. The van der Waals surface area contributed by atoms with Crippen LogP contribution in [-0.4, -0.2) is 4.98 Å². The van der Waals surface area contributed by atoms with Crippen LogP contribution in [0.2, 0.25) is 0 Å². The van der Waals surface area contributed by atoms with Gasteiger partial charge in [-0.1, -0.05) is 18.7 Å². The van der Waals surface area contributed by atoms with Gasteiger partial charge in [-0.25, -0.2) is 8.78 Å². The molecule has 0 aliphatic carbocycles. The number of aromatic nitrogens is 1. The third kappa shape index (κ3) is 2.14. The van der Waals surface area contributed by atoms with Gasteiger partial charge in [0.2, 0.25) is 0 Å². The summed E-state index contributed by atoms with van der Waals surface area (Å²) in [5.74, 6) is -1.21. The van der Waals surface area contributed by atoms with Crippen LogP contribution in [0.4, 0.5) is 8.78 Å². The third-order valence-electron chi connectivity index (χ3n) is 2.18. The number of halogens is 2. The SMILES string of the molecule is C=Cc1ccc(-c2cc(F)cc(F)c2)nc1. The summed E-state index contributed by atoms with van der Waals surface area (Å²) in [7, 11) is 0.